The highest BCUT2D eigenvalue weighted by Crippen LogP contribution is 2.28. The number of hydrogen-bond acceptors (Lipinski definition) is 5. The minimum atomic E-state index is -0.600. The molecule has 0 aliphatic carbocycles. The smallest absolute Gasteiger partial charge is 0.328 e. The Morgan fingerprint density at radius 3 is 2.50 bits per heavy atom. The highest BCUT2D eigenvalue weighted by molar-refractivity contribution is 6.42. The predicted molar refractivity (Wildman–Crippen MR) is 115 cm³/mol. The van der Waals surface area contributed by atoms with Gasteiger partial charge in [-0.1, -0.05) is 29.3 Å². The first-order valence-corrected chi connectivity index (χ1v) is 10.3. The van der Waals surface area contributed by atoms with Gasteiger partial charge in [-0.25, -0.2) is 4.79 Å². The van der Waals surface area contributed by atoms with Crippen LogP contribution in [-0.2, 0) is 16.0 Å². The van der Waals surface area contributed by atoms with Crippen molar-refractivity contribution < 1.29 is 23.8 Å². The quantitative estimate of drug-likeness (QED) is 0.583. The lowest BCUT2D eigenvalue weighted by Crippen LogP contribution is -2.41. The molecule has 0 spiro atoms. The number of amides is 1. The summed E-state index contributed by atoms with van der Waals surface area (Å²) >= 11 is 11.9. The molecule has 2 aromatic carbocycles. The maximum Gasteiger partial charge on any atom is 0.328 e. The molecule has 1 atom stereocenters. The molecule has 1 amide bonds. The van der Waals surface area contributed by atoms with Crippen LogP contribution in [0.25, 0.3) is 0 Å². The topological polar surface area (TPSA) is 65.1 Å². The van der Waals surface area contributed by atoms with Crippen LogP contribution >= 0.6 is 23.2 Å². The largest absolute Gasteiger partial charge is 0.493 e. The number of carbonyl (C=O) groups is 2. The van der Waals surface area contributed by atoms with E-state index in [1.165, 1.54) is 11.0 Å². The van der Waals surface area contributed by atoms with Gasteiger partial charge in [0.05, 0.1) is 30.9 Å². The monoisotopic (exact) mass is 451 g/mol. The van der Waals surface area contributed by atoms with E-state index in [2.05, 4.69) is 0 Å². The van der Waals surface area contributed by atoms with Crippen LogP contribution in [-0.4, -0.2) is 50.2 Å². The summed E-state index contributed by atoms with van der Waals surface area (Å²) in [6.45, 7) is 0.703. The molecule has 1 fully saturated rings. The lowest BCUT2D eigenvalue weighted by atomic mass is 10.1. The molecule has 0 N–H and O–H groups in total. The fourth-order valence-corrected chi connectivity index (χ4v) is 3.75. The van der Waals surface area contributed by atoms with E-state index in [0.29, 0.717) is 46.5 Å². The molecule has 0 unspecified atom stereocenters. The Balaban J connectivity index is 1.59. The summed E-state index contributed by atoms with van der Waals surface area (Å²) in [5.74, 6) is 0.602. The molecular formula is C22H23Cl2NO5. The highest BCUT2D eigenvalue weighted by atomic mass is 35.5. The lowest BCUT2D eigenvalue weighted by molar-refractivity contribution is -0.148. The van der Waals surface area contributed by atoms with Gasteiger partial charge in [-0.3, -0.25) is 4.79 Å². The number of halogens is 2. The predicted octanol–water partition coefficient (Wildman–Crippen LogP) is 4.40. The SMILES string of the molecule is COc1ccc(CCOC(=O)[C@@H]2CCCN2C(=O)c2ccc(Cl)c(Cl)c2)cc1OC. The molecular weight excluding hydrogens is 429 g/mol. The van der Waals surface area contributed by atoms with Crippen LogP contribution in [0.5, 0.6) is 11.5 Å². The third-order valence-corrected chi connectivity index (χ3v) is 5.77. The number of methoxy groups -OCH3 is 2. The van der Waals surface area contributed by atoms with Crippen molar-refractivity contribution in [3.63, 3.8) is 0 Å². The zero-order valence-corrected chi connectivity index (χ0v) is 18.3. The molecule has 30 heavy (non-hydrogen) atoms. The third-order valence-electron chi connectivity index (χ3n) is 5.04. The van der Waals surface area contributed by atoms with Crippen molar-refractivity contribution in [1.29, 1.82) is 0 Å². The first-order valence-electron chi connectivity index (χ1n) is 9.58. The van der Waals surface area contributed by atoms with Crippen molar-refractivity contribution in [1.82, 2.24) is 4.90 Å². The van der Waals surface area contributed by atoms with Crippen molar-refractivity contribution in [3.8, 4) is 11.5 Å². The number of carbonyl (C=O) groups excluding carboxylic acids is 2. The van der Waals surface area contributed by atoms with Crippen LogP contribution in [0.15, 0.2) is 36.4 Å². The van der Waals surface area contributed by atoms with Crippen molar-refractivity contribution in [2.45, 2.75) is 25.3 Å². The summed E-state index contributed by atoms with van der Waals surface area (Å²) in [6, 6.07) is 9.65. The first-order chi connectivity index (χ1) is 14.4. The Bertz CT molecular complexity index is 934. The van der Waals surface area contributed by atoms with E-state index in [1.54, 1.807) is 26.4 Å². The summed E-state index contributed by atoms with van der Waals surface area (Å²) in [5, 5.41) is 0.677. The molecule has 0 radical (unpaired) electrons. The molecule has 6 nitrogen and oxygen atoms in total. The fourth-order valence-electron chi connectivity index (χ4n) is 3.45. The average molecular weight is 452 g/mol. The lowest BCUT2D eigenvalue weighted by Gasteiger charge is -2.23. The fraction of sp³-hybridized carbons (Fsp3) is 0.364. The standard InChI is InChI=1S/C22H23Cl2NO5/c1-28-19-8-5-14(12-20(19)29-2)9-11-30-22(27)18-4-3-10-25(18)21(26)15-6-7-16(23)17(24)13-15/h5-8,12-13,18H,3-4,9-11H2,1-2H3/t18-/m0/s1. The van der Waals surface area contributed by atoms with Crippen molar-refractivity contribution in [2.24, 2.45) is 0 Å². The van der Waals surface area contributed by atoms with Gasteiger partial charge < -0.3 is 19.1 Å². The Labute approximate surface area is 185 Å². The van der Waals surface area contributed by atoms with Crippen LogP contribution in [0.4, 0.5) is 0 Å². The molecule has 160 valence electrons. The van der Waals surface area contributed by atoms with Gasteiger partial charge in [0, 0.05) is 18.5 Å². The number of ether oxygens (including phenoxy) is 3. The van der Waals surface area contributed by atoms with Crippen LogP contribution in [0, 0.1) is 0 Å². The van der Waals surface area contributed by atoms with Gasteiger partial charge in [0.2, 0.25) is 0 Å². The molecule has 1 aliphatic rings. The molecule has 1 heterocycles. The van der Waals surface area contributed by atoms with Gasteiger partial charge in [-0.05, 0) is 48.7 Å². The second kappa shape index (κ2) is 10.0. The van der Waals surface area contributed by atoms with Crippen molar-refractivity contribution in [2.75, 3.05) is 27.4 Å². The molecule has 3 rings (SSSR count). The van der Waals surface area contributed by atoms with Crippen molar-refractivity contribution >= 4 is 35.1 Å². The van der Waals surface area contributed by atoms with Gasteiger partial charge in [0.25, 0.3) is 5.91 Å². The number of benzene rings is 2. The van der Waals surface area contributed by atoms with Crippen LogP contribution in [0.2, 0.25) is 10.0 Å². The van der Waals surface area contributed by atoms with Crippen LogP contribution in [0.3, 0.4) is 0 Å². The Hall–Kier alpha value is -2.44. The van der Waals surface area contributed by atoms with E-state index in [0.717, 1.165) is 12.0 Å². The van der Waals surface area contributed by atoms with E-state index in [9.17, 15) is 9.59 Å². The highest BCUT2D eigenvalue weighted by Gasteiger charge is 2.35. The Kier molecular flexibility index (Phi) is 7.45. The molecule has 0 aromatic heterocycles. The molecule has 1 aliphatic heterocycles. The zero-order valence-electron chi connectivity index (χ0n) is 16.8. The second-order valence-corrected chi connectivity index (χ2v) is 7.71. The minimum Gasteiger partial charge on any atom is -0.493 e. The van der Waals surface area contributed by atoms with E-state index in [1.807, 2.05) is 18.2 Å². The molecule has 2 aromatic rings. The normalized spacial score (nSPS) is 15.7. The molecule has 1 saturated heterocycles. The Morgan fingerprint density at radius 1 is 1.03 bits per heavy atom. The van der Waals surface area contributed by atoms with Crippen LogP contribution in [0.1, 0.15) is 28.8 Å². The summed E-state index contributed by atoms with van der Waals surface area (Å²) in [6.07, 6.45) is 1.84. The second-order valence-electron chi connectivity index (χ2n) is 6.89. The Morgan fingerprint density at radius 2 is 1.80 bits per heavy atom. The number of hydrogen-bond donors (Lipinski definition) is 0. The average Bonchev–Trinajstić information content (AvgIpc) is 3.25. The van der Waals surface area contributed by atoms with Gasteiger partial charge >= 0.3 is 5.97 Å². The summed E-state index contributed by atoms with van der Waals surface area (Å²) in [5.41, 5.74) is 1.35. The summed E-state index contributed by atoms with van der Waals surface area (Å²) < 4.78 is 16.0. The maximum absolute atomic E-state index is 12.8. The number of nitrogens with zero attached hydrogens (tertiary/aromatic N) is 1. The summed E-state index contributed by atoms with van der Waals surface area (Å²) in [4.78, 5) is 27.0. The summed E-state index contributed by atoms with van der Waals surface area (Å²) in [7, 11) is 3.15. The number of esters is 1. The molecule has 0 bridgehead atoms. The van der Waals surface area contributed by atoms with E-state index in [4.69, 9.17) is 37.4 Å². The maximum atomic E-state index is 12.8. The van der Waals surface area contributed by atoms with Crippen LogP contribution < -0.4 is 9.47 Å². The van der Waals surface area contributed by atoms with E-state index < -0.39 is 12.0 Å². The van der Waals surface area contributed by atoms with Gasteiger partial charge in [-0.2, -0.15) is 0 Å². The van der Waals surface area contributed by atoms with Gasteiger partial charge in [-0.15, -0.1) is 0 Å². The van der Waals surface area contributed by atoms with E-state index >= 15 is 0 Å². The minimum absolute atomic E-state index is 0.208. The molecule has 0 saturated carbocycles. The van der Waals surface area contributed by atoms with Crippen molar-refractivity contribution in [3.05, 3.63) is 57.6 Å². The number of rotatable bonds is 7. The van der Waals surface area contributed by atoms with E-state index in [-0.39, 0.29) is 12.5 Å². The number of likely N-dealkylation sites (tertiary alicyclic amines) is 1. The zero-order chi connectivity index (χ0) is 21.7. The molecule has 8 heteroatoms. The van der Waals surface area contributed by atoms with Gasteiger partial charge in [0.1, 0.15) is 6.04 Å². The van der Waals surface area contributed by atoms with Gasteiger partial charge in [0.15, 0.2) is 11.5 Å². The third kappa shape index (κ3) is 4.99. The first kappa shape index (κ1) is 22.2.